The quantitative estimate of drug-likeness (QED) is 0.763. The molecule has 0 spiro atoms. The molecule has 1 saturated carbocycles. The number of hydrogen-bond donors (Lipinski definition) is 1. The van der Waals surface area contributed by atoms with Crippen molar-refractivity contribution in [2.24, 2.45) is 23.2 Å². The maximum Gasteiger partial charge on any atom is 0.00104 e. The molecule has 0 saturated heterocycles. The Morgan fingerprint density at radius 2 is 1.81 bits per heavy atom. The molecule has 0 heterocycles. The molecule has 16 heavy (non-hydrogen) atoms. The Labute approximate surface area is 102 Å². The molecule has 0 aromatic carbocycles. The summed E-state index contributed by atoms with van der Waals surface area (Å²) in [5.74, 6) is 2.73. The molecule has 1 rings (SSSR count). The summed E-state index contributed by atoms with van der Waals surface area (Å²) in [6, 6.07) is 0.632. The van der Waals surface area contributed by atoms with E-state index >= 15 is 0 Å². The van der Waals surface area contributed by atoms with Crippen LogP contribution >= 0.6 is 0 Å². The van der Waals surface area contributed by atoms with Gasteiger partial charge in [-0.2, -0.15) is 0 Å². The molecule has 1 fully saturated rings. The Morgan fingerprint density at radius 1 is 1.19 bits per heavy atom. The minimum atomic E-state index is 0.505. The van der Waals surface area contributed by atoms with E-state index in [9.17, 15) is 0 Å². The minimum Gasteiger partial charge on any atom is -0.314 e. The van der Waals surface area contributed by atoms with Gasteiger partial charge >= 0.3 is 0 Å². The van der Waals surface area contributed by atoms with Crippen LogP contribution < -0.4 is 5.32 Å². The second-order valence-corrected chi connectivity index (χ2v) is 7.18. The summed E-state index contributed by atoms with van der Waals surface area (Å²) < 4.78 is 0. The van der Waals surface area contributed by atoms with E-state index in [0.29, 0.717) is 11.5 Å². The van der Waals surface area contributed by atoms with Crippen LogP contribution in [0.25, 0.3) is 0 Å². The van der Waals surface area contributed by atoms with E-state index < -0.39 is 0 Å². The van der Waals surface area contributed by atoms with Crippen molar-refractivity contribution in [1.82, 2.24) is 5.32 Å². The van der Waals surface area contributed by atoms with Crippen molar-refractivity contribution in [3.8, 4) is 0 Å². The normalized spacial score (nSPS) is 32.1. The van der Waals surface area contributed by atoms with Gasteiger partial charge in [0, 0.05) is 6.04 Å². The summed E-state index contributed by atoms with van der Waals surface area (Å²) >= 11 is 0. The van der Waals surface area contributed by atoms with Gasteiger partial charge in [0.15, 0.2) is 0 Å². The molecule has 3 atom stereocenters. The van der Waals surface area contributed by atoms with E-state index in [1.807, 2.05) is 0 Å². The topological polar surface area (TPSA) is 12.0 Å². The molecule has 0 radical (unpaired) electrons. The fraction of sp³-hybridized carbons (Fsp3) is 1.00. The van der Waals surface area contributed by atoms with Crippen molar-refractivity contribution < 1.29 is 0 Å². The van der Waals surface area contributed by atoms with Crippen molar-refractivity contribution in [1.29, 1.82) is 0 Å². The standard InChI is InChI=1S/C15H31N/c1-11(2)16-10-13-7-8-14(9-12(13)3)15(4,5)6/h11-14,16H,7-10H2,1-6H3. The van der Waals surface area contributed by atoms with Gasteiger partial charge in [-0.15, -0.1) is 0 Å². The van der Waals surface area contributed by atoms with Gasteiger partial charge in [-0.1, -0.05) is 41.5 Å². The molecule has 0 bridgehead atoms. The summed E-state index contributed by atoms with van der Waals surface area (Å²) in [5.41, 5.74) is 0.505. The Morgan fingerprint density at radius 3 is 2.25 bits per heavy atom. The lowest BCUT2D eigenvalue weighted by molar-refractivity contribution is 0.105. The van der Waals surface area contributed by atoms with Crippen molar-refractivity contribution in [3.05, 3.63) is 0 Å². The molecule has 96 valence electrons. The SMILES string of the molecule is CC(C)NCC1CCC(C(C)(C)C)CC1C. The molecule has 1 nitrogen and oxygen atoms in total. The van der Waals surface area contributed by atoms with Crippen molar-refractivity contribution in [2.75, 3.05) is 6.54 Å². The molecule has 0 aromatic rings. The number of hydrogen-bond acceptors (Lipinski definition) is 1. The summed E-state index contributed by atoms with van der Waals surface area (Å²) in [5, 5.41) is 3.60. The Kier molecular flexibility index (Phi) is 4.85. The van der Waals surface area contributed by atoms with E-state index in [4.69, 9.17) is 0 Å². The summed E-state index contributed by atoms with van der Waals surface area (Å²) in [4.78, 5) is 0. The zero-order valence-corrected chi connectivity index (χ0v) is 12.1. The minimum absolute atomic E-state index is 0.505. The van der Waals surface area contributed by atoms with Gasteiger partial charge in [0.1, 0.15) is 0 Å². The van der Waals surface area contributed by atoms with Crippen LogP contribution in [0.3, 0.4) is 0 Å². The van der Waals surface area contributed by atoms with E-state index in [-0.39, 0.29) is 0 Å². The lowest BCUT2D eigenvalue weighted by atomic mass is 9.66. The molecule has 1 aliphatic rings. The van der Waals surface area contributed by atoms with Crippen molar-refractivity contribution in [3.63, 3.8) is 0 Å². The van der Waals surface area contributed by atoms with Gasteiger partial charge in [0.05, 0.1) is 0 Å². The smallest absolute Gasteiger partial charge is 0.00104 e. The molecule has 0 amide bonds. The number of nitrogens with one attached hydrogen (secondary N) is 1. The monoisotopic (exact) mass is 225 g/mol. The Bertz CT molecular complexity index is 202. The van der Waals surface area contributed by atoms with Crippen LogP contribution in [0, 0.1) is 23.2 Å². The first-order valence-corrected chi connectivity index (χ1v) is 7.04. The summed E-state index contributed by atoms with van der Waals surface area (Å²) in [7, 11) is 0. The fourth-order valence-corrected chi connectivity index (χ4v) is 2.94. The largest absolute Gasteiger partial charge is 0.314 e. The van der Waals surface area contributed by atoms with Crippen LogP contribution in [-0.4, -0.2) is 12.6 Å². The third-order valence-corrected chi connectivity index (χ3v) is 4.36. The Hall–Kier alpha value is -0.0400. The third-order valence-electron chi connectivity index (χ3n) is 4.36. The molecular formula is C15H31N. The van der Waals surface area contributed by atoms with Crippen LogP contribution in [0.15, 0.2) is 0 Å². The van der Waals surface area contributed by atoms with Crippen LogP contribution in [0.2, 0.25) is 0 Å². The van der Waals surface area contributed by atoms with Gasteiger partial charge in [-0.05, 0) is 49.0 Å². The number of rotatable bonds is 3. The maximum absolute atomic E-state index is 3.60. The molecule has 1 aliphatic carbocycles. The van der Waals surface area contributed by atoms with Gasteiger partial charge in [0.25, 0.3) is 0 Å². The zero-order chi connectivity index (χ0) is 12.3. The highest BCUT2D eigenvalue weighted by atomic mass is 14.9. The lowest BCUT2D eigenvalue weighted by Gasteiger charge is -2.41. The second-order valence-electron chi connectivity index (χ2n) is 7.18. The van der Waals surface area contributed by atoms with Crippen LogP contribution in [0.1, 0.15) is 60.8 Å². The van der Waals surface area contributed by atoms with E-state index in [1.165, 1.54) is 25.8 Å². The molecule has 1 heteroatoms. The lowest BCUT2D eigenvalue weighted by Crippen LogP contribution is -2.37. The first-order chi connectivity index (χ1) is 7.30. The van der Waals surface area contributed by atoms with Crippen molar-refractivity contribution in [2.45, 2.75) is 66.8 Å². The van der Waals surface area contributed by atoms with Crippen LogP contribution in [-0.2, 0) is 0 Å². The molecule has 0 aromatic heterocycles. The maximum atomic E-state index is 3.60. The van der Waals surface area contributed by atoms with E-state index in [0.717, 1.165) is 17.8 Å². The molecular weight excluding hydrogens is 194 g/mol. The zero-order valence-electron chi connectivity index (χ0n) is 12.1. The average Bonchev–Trinajstić information content (AvgIpc) is 2.14. The predicted octanol–water partition coefficient (Wildman–Crippen LogP) is 4.08. The second kappa shape index (κ2) is 5.53. The van der Waals surface area contributed by atoms with E-state index in [1.54, 1.807) is 0 Å². The highest BCUT2D eigenvalue weighted by molar-refractivity contribution is 4.84. The van der Waals surface area contributed by atoms with Gasteiger partial charge < -0.3 is 5.32 Å². The Balaban J connectivity index is 2.40. The van der Waals surface area contributed by atoms with Crippen molar-refractivity contribution >= 4 is 0 Å². The molecule has 0 aliphatic heterocycles. The first kappa shape index (κ1) is 14.0. The van der Waals surface area contributed by atoms with Gasteiger partial charge in [-0.25, -0.2) is 0 Å². The fourth-order valence-electron chi connectivity index (χ4n) is 2.94. The average molecular weight is 225 g/mol. The van der Waals surface area contributed by atoms with E-state index in [2.05, 4.69) is 46.9 Å². The molecule has 3 unspecified atom stereocenters. The highest BCUT2D eigenvalue weighted by Crippen LogP contribution is 2.42. The predicted molar refractivity (Wildman–Crippen MR) is 72.6 cm³/mol. The van der Waals surface area contributed by atoms with Gasteiger partial charge in [-0.3, -0.25) is 0 Å². The van der Waals surface area contributed by atoms with Crippen LogP contribution in [0.5, 0.6) is 0 Å². The highest BCUT2D eigenvalue weighted by Gasteiger charge is 2.33. The molecule has 1 N–H and O–H groups in total. The van der Waals surface area contributed by atoms with Crippen LogP contribution in [0.4, 0.5) is 0 Å². The summed E-state index contributed by atoms with van der Waals surface area (Å²) in [6.45, 7) is 15.3. The van der Waals surface area contributed by atoms with Gasteiger partial charge in [0.2, 0.25) is 0 Å². The third kappa shape index (κ3) is 4.08. The first-order valence-electron chi connectivity index (χ1n) is 7.04. The summed E-state index contributed by atoms with van der Waals surface area (Å²) in [6.07, 6.45) is 4.27.